The van der Waals surface area contributed by atoms with E-state index in [9.17, 15) is 9.90 Å². The Kier molecular flexibility index (Phi) is 4.44. The molecule has 132 valence electrons. The van der Waals surface area contributed by atoms with Crippen LogP contribution in [0.15, 0.2) is 30.3 Å². The Hall–Kier alpha value is -1.98. The van der Waals surface area contributed by atoms with Crippen molar-refractivity contribution >= 4 is 16.8 Å². The maximum Gasteiger partial charge on any atom is 0.254 e. The van der Waals surface area contributed by atoms with Crippen LogP contribution in [0.5, 0.6) is 0 Å². The monoisotopic (exact) mass is 339 g/mol. The number of hydrogen-bond acceptors (Lipinski definition) is 4. The van der Waals surface area contributed by atoms with Gasteiger partial charge in [0.1, 0.15) is 0 Å². The fraction of sp³-hybridized carbons (Fsp3) is 0.500. The number of aryl methyl sites for hydroxylation is 1. The average Bonchev–Trinajstić information content (AvgIpc) is 3.06. The van der Waals surface area contributed by atoms with E-state index in [0.717, 1.165) is 67.6 Å². The molecular formula is C20H25N3O2. The van der Waals surface area contributed by atoms with E-state index in [4.69, 9.17) is 0 Å². The first kappa shape index (κ1) is 16.5. The number of amides is 1. The van der Waals surface area contributed by atoms with Gasteiger partial charge < -0.3 is 10.0 Å². The van der Waals surface area contributed by atoms with Crippen LogP contribution >= 0.6 is 0 Å². The van der Waals surface area contributed by atoms with Gasteiger partial charge in [0.15, 0.2) is 0 Å². The summed E-state index contributed by atoms with van der Waals surface area (Å²) in [6.07, 6.45) is 2.89. The van der Waals surface area contributed by atoms with Gasteiger partial charge >= 0.3 is 0 Å². The molecule has 1 saturated carbocycles. The molecule has 25 heavy (non-hydrogen) atoms. The third-order valence-electron chi connectivity index (χ3n) is 5.59. The molecule has 0 radical (unpaired) electrons. The Balaban J connectivity index is 1.51. The SMILES string of the molecule is Cc1cc(C(=O)N2CCN([C@@H]3CCC[C@@H]3O)CC2)c2ccccc2n1. The van der Waals surface area contributed by atoms with Crippen LogP contribution in [-0.4, -0.2) is 64.1 Å². The summed E-state index contributed by atoms with van der Waals surface area (Å²) in [5.74, 6) is 0.0910. The van der Waals surface area contributed by atoms with E-state index in [1.54, 1.807) is 0 Å². The second-order valence-electron chi connectivity index (χ2n) is 7.22. The molecule has 2 aromatic rings. The molecule has 5 heteroatoms. The number of aliphatic hydroxyl groups excluding tert-OH is 1. The van der Waals surface area contributed by atoms with Crippen LogP contribution in [0.2, 0.25) is 0 Å². The molecule has 0 unspecified atom stereocenters. The summed E-state index contributed by atoms with van der Waals surface area (Å²) in [4.78, 5) is 21.9. The molecule has 1 aromatic heterocycles. The van der Waals surface area contributed by atoms with Crippen molar-refractivity contribution in [1.82, 2.24) is 14.8 Å². The topological polar surface area (TPSA) is 56.7 Å². The van der Waals surface area contributed by atoms with Gasteiger partial charge in [0.25, 0.3) is 5.91 Å². The summed E-state index contributed by atoms with van der Waals surface area (Å²) >= 11 is 0. The second-order valence-corrected chi connectivity index (χ2v) is 7.22. The van der Waals surface area contributed by atoms with Crippen LogP contribution < -0.4 is 0 Å². The standard InChI is InChI=1S/C20H25N3O2/c1-14-13-16(15-5-2-3-6-17(15)21-14)20(25)23-11-9-22(10-12-23)18-7-4-8-19(18)24/h2-3,5-6,13,18-19,24H,4,7-12H2,1H3/t18-,19+/m1/s1. The molecule has 1 N–H and O–H groups in total. The summed E-state index contributed by atoms with van der Waals surface area (Å²) in [7, 11) is 0. The number of rotatable bonds is 2. The Morgan fingerprint density at radius 2 is 1.92 bits per heavy atom. The van der Waals surface area contributed by atoms with Gasteiger partial charge in [-0.3, -0.25) is 14.7 Å². The number of para-hydroxylation sites is 1. The number of carbonyl (C=O) groups is 1. The van der Waals surface area contributed by atoms with Gasteiger partial charge in [-0.1, -0.05) is 18.2 Å². The summed E-state index contributed by atoms with van der Waals surface area (Å²) in [6, 6.07) is 10.0. The van der Waals surface area contributed by atoms with Gasteiger partial charge in [0.05, 0.1) is 17.2 Å². The molecule has 1 aliphatic heterocycles. The second kappa shape index (κ2) is 6.73. The smallest absolute Gasteiger partial charge is 0.254 e. The lowest BCUT2D eigenvalue weighted by Gasteiger charge is -2.39. The van der Waals surface area contributed by atoms with Crippen LogP contribution in [0.1, 0.15) is 35.3 Å². The Labute approximate surface area is 148 Å². The molecular weight excluding hydrogens is 314 g/mol. The quantitative estimate of drug-likeness (QED) is 0.911. The van der Waals surface area contributed by atoms with E-state index in [-0.39, 0.29) is 18.1 Å². The molecule has 4 rings (SSSR count). The first-order chi connectivity index (χ1) is 12.1. The lowest BCUT2D eigenvalue weighted by atomic mass is 10.1. The molecule has 1 aromatic carbocycles. The first-order valence-electron chi connectivity index (χ1n) is 9.21. The summed E-state index contributed by atoms with van der Waals surface area (Å²) in [6.45, 7) is 5.06. The minimum absolute atomic E-state index is 0.0910. The maximum atomic E-state index is 13.1. The molecule has 1 amide bonds. The highest BCUT2D eigenvalue weighted by Gasteiger charge is 2.33. The van der Waals surface area contributed by atoms with Crippen molar-refractivity contribution in [1.29, 1.82) is 0 Å². The first-order valence-corrected chi connectivity index (χ1v) is 9.21. The van der Waals surface area contributed by atoms with E-state index in [0.29, 0.717) is 0 Å². The Morgan fingerprint density at radius 3 is 2.64 bits per heavy atom. The molecule has 1 saturated heterocycles. The zero-order chi connectivity index (χ0) is 17.4. The minimum Gasteiger partial charge on any atom is -0.391 e. The van der Waals surface area contributed by atoms with Crippen molar-refractivity contribution in [3.05, 3.63) is 41.6 Å². The van der Waals surface area contributed by atoms with E-state index in [2.05, 4.69) is 9.88 Å². The number of carbonyl (C=O) groups excluding carboxylic acids is 1. The summed E-state index contributed by atoms with van der Waals surface area (Å²) < 4.78 is 0. The van der Waals surface area contributed by atoms with Crippen LogP contribution in [0.3, 0.4) is 0 Å². The van der Waals surface area contributed by atoms with Crippen LogP contribution in [0.25, 0.3) is 10.9 Å². The molecule has 0 bridgehead atoms. The Morgan fingerprint density at radius 1 is 1.16 bits per heavy atom. The number of pyridine rings is 1. The normalized spacial score (nSPS) is 24.8. The number of benzene rings is 1. The summed E-state index contributed by atoms with van der Waals surface area (Å²) in [5.41, 5.74) is 2.49. The molecule has 2 heterocycles. The van der Waals surface area contributed by atoms with Gasteiger partial charge in [-0.05, 0) is 38.3 Å². The number of nitrogens with zero attached hydrogens (tertiary/aromatic N) is 3. The molecule has 2 aliphatic rings. The highest BCUT2D eigenvalue weighted by molar-refractivity contribution is 6.06. The van der Waals surface area contributed by atoms with Crippen molar-refractivity contribution < 1.29 is 9.90 Å². The number of hydrogen-bond donors (Lipinski definition) is 1. The predicted molar refractivity (Wildman–Crippen MR) is 97.6 cm³/mol. The average molecular weight is 339 g/mol. The molecule has 2 fully saturated rings. The summed E-state index contributed by atoms with van der Waals surface area (Å²) in [5, 5.41) is 11.0. The van der Waals surface area contributed by atoms with Crippen molar-refractivity contribution in [2.75, 3.05) is 26.2 Å². The van der Waals surface area contributed by atoms with Gasteiger partial charge in [0.2, 0.25) is 0 Å². The Bertz CT molecular complexity index is 784. The molecule has 5 nitrogen and oxygen atoms in total. The zero-order valence-corrected chi connectivity index (χ0v) is 14.7. The van der Waals surface area contributed by atoms with Crippen molar-refractivity contribution in [2.24, 2.45) is 0 Å². The molecule has 1 aliphatic carbocycles. The third-order valence-corrected chi connectivity index (χ3v) is 5.59. The zero-order valence-electron chi connectivity index (χ0n) is 14.7. The van der Waals surface area contributed by atoms with E-state index in [1.165, 1.54) is 0 Å². The fourth-order valence-electron chi connectivity index (χ4n) is 4.26. The van der Waals surface area contributed by atoms with Gasteiger partial charge in [0, 0.05) is 43.3 Å². The van der Waals surface area contributed by atoms with E-state index >= 15 is 0 Å². The fourth-order valence-corrected chi connectivity index (χ4v) is 4.26. The lowest BCUT2D eigenvalue weighted by molar-refractivity contribution is 0.0316. The minimum atomic E-state index is -0.200. The molecule has 2 atom stereocenters. The van der Waals surface area contributed by atoms with Gasteiger partial charge in [-0.25, -0.2) is 0 Å². The highest BCUT2D eigenvalue weighted by atomic mass is 16.3. The van der Waals surface area contributed by atoms with Gasteiger partial charge in [-0.2, -0.15) is 0 Å². The third kappa shape index (κ3) is 3.14. The number of fused-ring (bicyclic) bond motifs is 1. The number of aliphatic hydroxyl groups is 1. The largest absolute Gasteiger partial charge is 0.391 e. The van der Waals surface area contributed by atoms with Gasteiger partial charge in [-0.15, -0.1) is 0 Å². The van der Waals surface area contributed by atoms with Crippen LogP contribution in [0, 0.1) is 6.92 Å². The van der Waals surface area contributed by atoms with E-state index < -0.39 is 0 Å². The number of aromatic nitrogens is 1. The van der Waals surface area contributed by atoms with Crippen LogP contribution in [-0.2, 0) is 0 Å². The number of piperazine rings is 1. The maximum absolute atomic E-state index is 13.1. The van der Waals surface area contributed by atoms with Crippen LogP contribution in [0.4, 0.5) is 0 Å². The highest BCUT2D eigenvalue weighted by Crippen LogP contribution is 2.26. The van der Waals surface area contributed by atoms with E-state index in [1.807, 2.05) is 42.2 Å². The lowest BCUT2D eigenvalue weighted by Crippen LogP contribution is -2.53. The van der Waals surface area contributed by atoms with Crippen molar-refractivity contribution in [2.45, 2.75) is 38.3 Å². The predicted octanol–water partition coefficient (Wildman–Crippen LogP) is 2.21. The van der Waals surface area contributed by atoms with Crippen molar-refractivity contribution in [3.63, 3.8) is 0 Å². The molecule has 0 spiro atoms. The van der Waals surface area contributed by atoms with Crippen molar-refractivity contribution in [3.8, 4) is 0 Å².